The van der Waals surface area contributed by atoms with Crippen LogP contribution in [0.1, 0.15) is 66.2 Å². The van der Waals surface area contributed by atoms with Crippen LogP contribution in [0.2, 0.25) is 0 Å². The van der Waals surface area contributed by atoms with Crippen LogP contribution in [0.15, 0.2) is 33.9 Å². The van der Waals surface area contributed by atoms with E-state index in [0.717, 1.165) is 19.3 Å². The first-order valence-electron chi connectivity index (χ1n) is 12.2. The SMILES string of the molecule is CC(C)CCC(=O)N[C@@H](CC(=O)N1CCCC[C@@H]1C)C(=O)N[C@@H](C)C1=NC2=CC=CC(F)C2=N1. The summed E-state index contributed by atoms with van der Waals surface area (Å²) in [6, 6.07) is -1.50. The molecule has 2 heterocycles. The van der Waals surface area contributed by atoms with Gasteiger partial charge in [-0.2, -0.15) is 0 Å². The fourth-order valence-electron chi connectivity index (χ4n) is 4.28. The highest BCUT2D eigenvalue weighted by molar-refractivity contribution is 6.17. The highest BCUT2D eigenvalue weighted by atomic mass is 19.1. The number of alkyl halides is 1. The largest absolute Gasteiger partial charge is 0.345 e. The van der Waals surface area contributed by atoms with Gasteiger partial charge in [-0.15, -0.1) is 0 Å². The van der Waals surface area contributed by atoms with E-state index in [1.807, 2.05) is 20.8 Å². The summed E-state index contributed by atoms with van der Waals surface area (Å²) in [5.41, 5.74) is 0.672. The molecule has 0 bridgehead atoms. The lowest BCUT2D eigenvalue weighted by atomic mass is 10.0. The molecule has 2 aliphatic heterocycles. The van der Waals surface area contributed by atoms with Crippen molar-refractivity contribution in [2.45, 2.75) is 90.5 Å². The van der Waals surface area contributed by atoms with E-state index >= 15 is 0 Å². The van der Waals surface area contributed by atoms with Crippen molar-refractivity contribution in [1.29, 1.82) is 0 Å². The van der Waals surface area contributed by atoms with Crippen molar-refractivity contribution in [3.05, 3.63) is 23.9 Å². The summed E-state index contributed by atoms with van der Waals surface area (Å²) in [4.78, 5) is 49.1. The van der Waals surface area contributed by atoms with Crippen LogP contribution in [0.25, 0.3) is 0 Å². The lowest BCUT2D eigenvalue weighted by Crippen LogP contribution is -2.53. The number of amidine groups is 1. The Balaban J connectivity index is 1.68. The number of piperidine rings is 1. The Morgan fingerprint density at radius 2 is 1.94 bits per heavy atom. The molecule has 0 aromatic heterocycles. The predicted molar refractivity (Wildman–Crippen MR) is 130 cm³/mol. The summed E-state index contributed by atoms with van der Waals surface area (Å²) in [6.07, 6.45) is 7.12. The molecule has 1 unspecified atom stereocenters. The van der Waals surface area contributed by atoms with Gasteiger partial charge in [-0.3, -0.25) is 14.4 Å². The van der Waals surface area contributed by atoms with Crippen LogP contribution in [0, 0.1) is 5.92 Å². The van der Waals surface area contributed by atoms with E-state index in [1.165, 1.54) is 6.08 Å². The van der Waals surface area contributed by atoms with Crippen molar-refractivity contribution in [1.82, 2.24) is 15.5 Å². The monoisotopic (exact) mass is 473 g/mol. The number of amides is 3. The molecule has 0 saturated carbocycles. The highest BCUT2D eigenvalue weighted by Gasteiger charge is 2.32. The van der Waals surface area contributed by atoms with E-state index in [1.54, 1.807) is 24.0 Å². The second-order valence-corrected chi connectivity index (χ2v) is 9.72. The molecule has 0 aromatic rings. The van der Waals surface area contributed by atoms with E-state index in [9.17, 15) is 18.8 Å². The number of hydrogen-bond donors (Lipinski definition) is 2. The maximum absolute atomic E-state index is 14.1. The van der Waals surface area contributed by atoms with Crippen molar-refractivity contribution < 1.29 is 18.8 Å². The van der Waals surface area contributed by atoms with Gasteiger partial charge in [0.05, 0.1) is 18.2 Å². The maximum atomic E-state index is 14.1. The second-order valence-electron chi connectivity index (χ2n) is 9.72. The van der Waals surface area contributed by atoms with E-state index in [4.69, 9.17) is 0 Å². The maximum Gasteiger partial charge on any atom is 0.243 e. The molecule has 8 nitrogen and oxygen atoms in total. The number of allylic oxidation sites excluding steroid dienone is 4. The van der Waals surface area contributed by atoms with E-state index in [0.29, 0.717) is 30.4 Å². The number of nitrogens with one attached hydrogen (secondary N) is 2. The van der Waals surface area contributed by atoms with Crippen LogP contribution in [0.4, 0.5) is 4.39 Å². The quantitative estimate of drug-likeness (QED) is 0.538. The summed E-state index contributed by atoms with van der Waals surface area (Å²) < 4.78 is 14.1. The Morgan fingerprint density at radius 3 is 2.62 bits per heavy atom. The summed E-state index contributed by atoms with van der Waals surface area (Å²) in [7, 11) is 0. The van der Waals surface area contributed by atoms with Crippen LogP contribution in [0.5, 0.6) is 0 Å². The van der Waals surface area contributed by atoms with Crippen molar-refractivity contribution in [2.75, 3.05) is 6.54 Å². The average molecular weight is 474 g/mol. The minimum absolute atomic E-state index is 0.112. The van der Waals surface area contributed by atoms with Crippen molar-refractivity contribution in [2.24, 2.45) is 15.9 Å². The Bertz CT molecular complexity index is 924. The molecule has 2 N–H and O–H groups in total. The third-order valence-electron chi connectivity index (χ3n) is 6.38. The number of likely N-dealkylation sites (tertiary alicyclic amines) is 1. The van der Waals surface area contributed by atoms with Gasteiger partial charge in [0.2, 0.25) is 17.7 Å². The van der Waals surface area contributed by atoms with Crippen molar-refractivity contribution in [3.8, 4) is 0 Å². The summed E-state index contributed by atoms with van der Waals surface area (Å²) in [5.74, 6) is -0.251. The molecule has 1 fully saturated rings. The third kappa shape index (κ3) is 6.61. The van der Waals surface area contributed by atoms with Gasteiger partial charge < -0.3 is 15.5 Å². The lowest BCUT2D eigenvalue weighted by Gasteiger charge is -2.34. The Labute approximate surface area is 200 Å². The summed E-state index contributed by atoms with van der Waals surface area (Å²) in [6.45, 7) is 8.41. The fraction of sp³-hybridized carbons (Fsp3) is 0.640. The Kier molecular flexibility index (Phi) is 8.74. The molecule has 0 radical (unpaired) electrons. The first kappa shape index (κ1) is 25.8. The van der Waals surface area contributed by atoms with Crippen LogP contribution in [0.3, 0.4) is 0 Å². The molecular formula is C25H36FN5O3. The molecule has 186 valence electrons. The fourth-order valence-corrected chi connectivity index (χ4v) is 4.28. The number of nitrogens with zero attached hydrogens (tertiary/aromatic N) is 3. The molecule has 0 aromatic carbocycles. The van der Waals surface area contributed by atoms with Crippen molar-refractivity contribution >= 4 is 29.3 Å². The number of halogens is 1. The molecule has 1 aliphatic carbocycles. The highest BCUT2D eigenvalue weighted by Crippen LogP contribution is 2.21. The van der Waals surface area contributed by atoms with Gasteiger partial charge >= 0.3 is 0 Å². The number of hydrogen-bond acceptors (Lipinski definition) is 5. The Hall–Kier alpha value is -2.84. The standard InChI is InChI=1S/C25H36FN5O3/c1-15(2)11-12-21(32)28-20(14-22(33)31-13-6-5-8-16(31)3)25(34)27-17(4)24-29-19-10-7-9-18(26)23(19)30-24/h7,9-10,15-18,20H,5-6,8,11-14H2,1-4H3,(H,27,34)(H,28,32)/t16-,17-,18?,20-/m0/s1. The number of carbonyl (C=O) groups is 3. The Morgan fingerprint density at radius 1 is 1.18 bits per heavy atom. The second kappa shape index (κ2) is 11.5. The summed E-state index contributed by atoms with van der Waals surface area (Å²) in [5, 5.41) is 5.56. The van der Waals surface area contributed by atoms with Gasteiger partial charge in [0, 0.05) is 19.0 Å². The zero-order chi connectivity index (χ0) is 24.8. The van der Waals surface area contributed by atoms with Crippen LogP contribution < -0.4 is 10.6 Å². The molecular weight excluding hydrogens is 437 g/mol. The molecule has 3 aliphatic rings. The number of carbonyl (C=O) groups excluding carboxylic acids is 3. The molecule has 4 atom stereocenters. The van der Waals surface area contributed by atoms with Gasteiger partial charge in [0.1, 0.15) is 11.8 Å². The third-order valence-corrected chi connectivity index (χ3v) is 6.38. The van der Waals surface area contributed by atoms with E-state index in [-0.39, 0.29) is 36.4 Å². The molecule has 3 rings (SSSR count). The van der Waals surface area contributed by atoms with Gasteiger partial charge in [-0.05, 0) is 57.6 Å². The number of rotatable bonds is 9. The topological polar surface area (TPSA) is 103 Å². The zero-order valence-corrected chi connectivity index (χ0v) is 20.5. The van der Waals surface area contributed by atoms with Gasteiger partial charge in [-0.1, -0.05) is 19.9 Å². The van der Waals surface area contributed by atoms with Crippen LogP contribution >= 0.6 is 0 Å². The zero-order valence-electron chi connectivity index (χ0n) is 20.5. The smallest absolute Gasteiger partial charge is 0.243 e. The first-order chi connectivity index (χ1) is 16.2. The molecule has 9 heteroatoms. The van der Waals surface area contributed by atoms with Gasteiger partial charge in [0.25, 0.3) is 0 Å². The van der Waals surface area contributed by atoms with Gasteiger partial charge in [-0.25, -0.2) is 14.4 Å². The van der Waals surface area contributed by atoms with Crippen molar-refractivity contribution in [3.63, 3.8) is 0 Å². The number of aliphatic imine (C=N–C) groups is 2. The minimum Gasteiger partial charge on any atom is -0.345 e. The molecule has 34 heavy (non-hydrogen) atoms. The number of fused-ring (bicyclic) bond motifs is 1. The lowest BCUT2D eigenvalue weighted by molar-refractivity contribution is -0.138. The van der Waals surface area contributed by atoms with Crippen LogP contribution in [-0.2, 0) is 14.4 Å². The normalized spacial score (nSPS) is 23.5. The molecule has 3 amide bonds. The van der Waals surface area contributed by atoms with E-state index in [2.05, 4.69) is 20.6 Å². The molecule has 1 saturated heterocycles. The van der Waals surface area contributed by atoms with Crippen LogP contribution in [-0.4, -0.2) is 65.0 Å². The summed E-state index contributed by atoms with van der Waals surface area (Å²) >= 11 is 0. The average Bonchev–Trinajstić information content (AvgIpc) is 3.23. The predicted octanol–water partition coefficient (Wildman–Crippen LogP) is 2.85. The van der Waals surface area contributed by atoms with Gasteiger partial charge in [0.15, 0.2) is 12.0 Å². The molecule has 0 spiro atoms. The van der Waals surface area contributed by atoms with E-state index < -0.39 is 24.2 Å². The first-order valence-corrected chi connectivity index (χ1v) is 12.2. The minimum atomic E-state index is -1.33.